The average molecular weight is 223 g/mol. The molecular weight excluding hydrogens is 210 g/mol. The Morgan fingerprint density at radius 1 is 1.60 bits per heavy atom. The van der Waals surface area contributed by atoms with Crippen LogP contribution >= 0.6 is 11.5 Å². The second kappa shape index (κ2) is 4.55. The van der Waals surface area contributed by atoms with Gasteiger partial charge in [0.1, 0.15) is 11.8 Å². The predicted octanol–water partition coefficient (Wildman–Crippen LogP) is 2.14. The lowest BCUT2D eigenvalue weighted by molar-refractivity contribution is 0.454. The molecule has 0 radical (unpaired) electrons. The molecule has 0 aliphatic rings. The van der Waals surface area contributed by atoms with Crippen LogP contribution in [0.2, 0.25) is 0 Å². The maximum Gasteiger partial charge on any atom is 0.126 e. The Kier molecular flexibility index (Phi) is 3.13. The molecule has 4 nitrogen and oxygen atoms in total. The summed E-state index contributed by atoms with van der Waals surface area (Å²) in [6.07, 6.45) is 1.68. The zero-order valence-corrected chi connectivity index (χ0v) is 9.54. The van der Waals surface area contributed by atoms with E-state index in [0.717, 1.165) is 22.9 Å². The molecule has 1 atom stereocenters. The van der Waals surface area contributed by atoms with Crippen molar-refractivity contribution >= 4 is 11.5 Å². The second-order valence-corrected chi connectivity index (χ2v) is 4.01. The molecule has 80 valence electrons. The molecule has 2 aromatic heterocycles. The van der Waals surface area contributed by atoms with Gasteiger partial charge in [-0.15, -0.1) is 5.10 Å². The summed E-state index contributed by atoms with van der Waals surface area (Å²) in [5.41, 5.74) is 0.961. The van der Waals surface area contributed by atoms with Gasteiger partial charge in [-0.2, -0.15) is 0 Å². The number of aryl methyl sites for hydroxylation is 1. The fraction of sp³-hybridized carbons (Fsp3) is 0.400. The van der Waals surface area contributed by atoms with Crippen molar-refractivity contribution in [3.63, 3.8) is 0 Å². The molecular formula is C10H13N3OS. The molecule has 0 fully saturated rings. The van der Waals surface area contributed by atoms with Gasteiger partial charge in [0, 0.05) is 0 Å². The Hall–Kier alpha value is -1.20. The Labute approximate surface area is 92.5 Å². The second-order valence-electron chi connectivity index (χ2n) is 3.23. The first-order valence-electron chi connectivity index (χ1n) is 4.88. The third-order valence-electron chi connectivity index (χ3n) is 2.18. The standard InChI is InChI=1S/C10H13N3OS/c1-3-11-9(8-5-4-6-14-8)10-7(2)12-13-15-10/h4-6,9,11H,3H2,1-2H3. The first-order valence-corrected chi connectivity index (χ1v) is 5.66. The fourth-order valence-corrected chi connectivity index (χ4v) is 2.21. The smallest absolute Gasteiger partial charge is 0.126 e. The van der Waals surface area contributed by atoms with Crippen LogP contribution in [0.15, 0.2) is 22.8 Å². The highest BCUT2D eigenvalue weighted by atomic mass is 32.1. The number of nitrogens with zero attached hydrogens (tertiary/aromatic N) is 2. The molecule has 5 heteroatoms. The van der Waals surface area contributed by atoms with Crippen LogP contribution in [0.25, 0.3) is 0 Å². The molecule has 0 aromatic carbocycles. The molecule has 0 saturated heterocycles. The van der Waals surface area contributed by atoms with Crippen LogP contribution in [0.3, 0.4) is 0 Å². The first kappa shape index (κ1) is 10.3. The zero-order chi connectivity index (χ0) is 10.7. The molecule has 2 rings (SSSR count). The highest BCUT2D eigenvalue weighted by Gasteiger charge is 2.20. The van der Waals surface area contributed by atoms with Crippen LogP contribution < -0.4 is 5.32 Å². The summed E-state index contributed by atoms with van der Waals surface area (Å²) < 4.78 is 9.36. The molecule has 0 amide bonds. The summed E-state index contributed by atoms with van der Waals surface area (Å²) in [6.45, 7) is 4.91. The molecule has 0 aliphatic carbocycles. The highest BCUT2D eigenvalue weighted by molar-refractivity contribution is 7.05. The van der Waals surface area contributed by atoms with Gasteiger partial charge in [0.15, 0.2) is 0 Å². The van der Waals surface area contributed by atoms with E-state index in [1.165, 1.54) is 11.5 Å². The Bertz CT molecular complexity index is 410. The van der Waals surface area contributed by atoms with Gasteiger partial charge in [-0.05, 0) is 37.1 Å². The van der Waals surface area contributed by atoms with Gasteiger partial charge >= 0.3 is 0 Å². The molecule has 15 heavy (non-hydrogen) atoms. The van der Waals surface area contributed by atoms with E-state index < -0.39 is 0 Å². The summed E-state index contributed by atoms with van der Waals surface area (Å²) in [4.78, 5) is 1.12. The zero-order valence-electron chi connectivity index (χ0n) is 8.73. The Morgan fingerprint density at radius 2 is 2.47 bits per heavy atom. The molecule has 2 aromatic rings. The maximum atomic E-state index is 5.42. The first-order chi connectivity index (χ1) is 7.33. The quantitative estimate of drug-likeness (QED) is 0.862. The molecule has 0 spiro atoms. The topological polar surface area (TPSA) is 51.0 Å². The number of hydrogen-bond acceptors (Lipinski definition) is 5. The van der Waals surface area contributed by atoms with Gasteiger partial charge in [0.2, 0.25) is 0 Å². The van der Waals surface area contributed by atoms with Crippen LogP contribution in [-0.2, 0) is 0 Å². The number of nitrogens with one attached hydrogen (secondary N) is 1. The SMILES string of the molecule is CCNC(c1ccco1)c1snnc1C. The molecule has 0 aliphatic heterocycles. The summed E-state index contributed by atoms with van der Waals surface area (Å²) in [6, 6.07) is 3.93. The van der Waals surface area contributed by atoms with E-state index in [2.05, 4.69) is 21.8 Å². The molecule has 1 N–H and O–H groups in total. The van der Waals surface area contributed by atoms with Crippen molar-refractivity contribution in [2.24, 2.45) is 0 Å². The van der Waals surface area contributed by atoms with Gasteiger partial charge in [0.05, 0.1) is 16.8 Å². The van der Waals surface area contributed by atoms with Gasteiger partial charge in [0.25, 0.3) is 0 Å². The fourth-order valence-electron chi connectivity index (χ4n) is 1.48. The van der Waals surface area contributed by atoms with Crippen molar-refractivity contribution in [3.8, 4) is 0 Å². The molecule has 0 saturated carbocycles. The normalized spacial score (nSPS) is 12.9. The Morgan fingerprint density at radius 3 is 3.00 bits per heavy atom. The van der Waals surface area contributed by atoms with Crippen LogP contribution in [0, 0.1) is 6.92 Å². The minimum Gasteiger partial charge on any atom is -0.467 e. The minimum atomic E-state index is 0.0741. The van der Waals surface area contributed by atoms with Crippen molar-refractivity contribution in [2.45, 2.75) is 19.9 Å². The molecule has 0 bridgehead atoms. The lowest BCUT2D eigenvalue weighted by Crippen LogP contribution is -2.21. The highest BCUT2D eigenvalue weighted by Crippen LogP contribution is 2.26. The summed E-state index contributed by atoms with van der Waals surface area (Å²) in [5.74, 6) is 0.908. The van der Waals surface area contributed by atoms with Crippen LogP contribution in [0.1, 0.15) is 29.3 Å². The van der Waals surface area contributed by atoms with Gasteiger partial charge in [-0.3, -0.25) is 0 Å². The van der Waals surface area contributed by atoms with E-state index in [1.54, 1.807) is 6.26 Å². The third kappa shape index (κ3) is 2.08. The van der Waals surface area contributed by atoms with Gasteiger partial charge in [-0.1, -0.05) is 11.4 Å². The van der Waals surface area contributed by atoms with Gasteiger partial charge in [-0.25, -0.2) is 0 Å². The van der Waals surface area contributed by atoms with Crippen molar-refractivity contribution in [1.29, 1.82) is 0 Å². The molecule has 1 unspecified atom stereocenters. The number of hydrogen-bond donors (Lipinski definition) is 1. The van der Waals surface area contributed by atoms with Gasteiger partial charge < -0.3 is 9.73 Å². The van der Waals surface area contributed by atoms with Crippen LogP contribution in [-0.4, -0.2) is 16.1 Å². The average Bonchev–Trinajstić information content (AvgIpc) is 2.85. The minimum absolute atomic E-state index is 0.0741. The monoisotopic (exact) mass is 223 g/mol. The van der Waals surface area contributed by atoms with Crippen molar-refractivity contribution in [3.05, 3.63) is 34.7 Å². The van der Waals surface area contributed by atoms with Crippen molar-refractivity contribution in [1.82, 2.24) is 14.9 Å². The summed E-state index contributed by atoms with van der Waals surface area (Å²) in [7, 11) is 0. The largest absolute Gasteiger partial charge is 0.467 e. The lowest BCUT2D eigenvalue weighted by atomic mass is 10.1. The number of furan rings is 1. The maximum absolute atomic E-state index is 5.42. The van der Waals surface area contributed by atoms with Crippen molar-refractivity contribution in [2.75, 3.05) is 6.54 Å². The van der Waals surface area contributed by atoms with Crippen LogP contribution in [0.4, 0.5) is 0 Å². The summed E-state index contributed by atoms with van der Waals surface area (Å²) >= 11 is 1.41. The van der Waals surface area contributed by atoms with E-state index in [-0.39, 0.29) is 6.04 Å². The van der Waals surface area contributed by atoms with Crippen LogP contribution in [0.5, 0.6) is 0 Å². The third-order valence-corrected chi connectivity index (χ3v) is 3.08. The van der Waals surface area contributed by atoms with E-state index in [4.69, 9.17) is 4.42 Å². The van der Waals surface area contributed by atoms with E-state index in [1.807, 2.05) is 19.1 Å². The molecule has 2 heterocycles. The lowest BCUT2D eigenvalue weighted by Gasteiger charge is -2.13. The van der Waals surface area contributed by atoms with E-state index >= 15 is 0 Å². The number of aromatic nitrogens is 2. The summed E-state index contributed by atoms with van der Waals surface area (Å²) in [5, 5.41) is 7.38. The Balaban J connectivity index is 2.32. The van der Waals surface area contributed by atoms with E-state index in [9.17, 15) is 0 Å². The predicted molar refractivity (Wildman–Crippen MR) is 58.9 cm³/mol. The van der Waals surface area contributed by atoms with E-state index in [0.29, 0.717) is 0 Å². The number of rotatable bonds is 4. The van der Waals surface area contributed by atoms with Crippen molar-refractivity contribution < 1.29 is 4.42 Å².